The SMILES string of the molecule is CC(C)C[C@H](NC(=O)CNC(=O)CCc1cccc(Br)c1)C(=O)O. The van der Waals surface area contributed by atoms with E-state index in [1.54, 1.807) is 0 Å². The Labute approximate surface area is 150 Å². The number of hydrogen-bond acceptors (Lipinski definition) is 3. The van der Waals surface area contributed by atoms with E-state index < -0.39 is 17.9 Å². The number of hydrogen-bond donors (Lipinski definition) is 3. The third-order valence-electron chi connectivity index (χ3n) is 3.32. The lowest BCUT2D eigenvalue weighted by Gasteiger charge is -2.16. The van der Waals surface area contributed by atoms with Gasteiger partial charge in [0.15, 0.2) is 0 Å². The molecule has 0 fully saturated rings. The molecular formula is C17H23BrN2O4. The Morgan fingerprint density at radius 1 is 1.21 bits per heavy atom. The summed E-state index contributed by atoms with van der Waals surface area (Å²) in [4.78, 5) is 34.6. The van der Waals surface area contributed by atoms with Gasteiger partial charge in [0, 0.05) is 10.9 Å². The lowest BCUT2D eigenvalue weighted by atomic mass is 10.0. The molecule has 3 N–H and O–H groups in total. The first-order valence-corrected chi connectivity index (χ1v) is 8.60. The molecule has 0 bridgehead atoms. The van der Waals surface area contributed by atoms with Crippen molar-refractivity contribution >= 4 is 33.7 Å². The van der Waals surface area contributed by atoms with Crippen LogP contribution in [0, 0.1) is 5.92 Å². The Balaban J connectivity index is 2.35. The van der Waals surface area contributed by atoms with Crippen molar-refractivity contribution in [3.63, 3.8) is 0 Å². The highest BCUT2D eigenvalue weighted by atomic mass is 79.9. The quantitative estimate of drug-likeness (QED) is 0.593. The lowest BCUT2D eigenvalue weighted by molar-refractivity contribution is -0.142. The van der Waals surface area contributed by atoms with Crippen LogP contribution in [0.15, 0.2) is 28.7 Å². The standard InChI is InChI=1S/C17H23BrN2O4/c1-11(2)8-14(17(23)24)20-16(22)10-19-15(21)7-6-12-4-3-5-13(18)9-12/h3-5,9,11,14H,6-8,10H2,1-2H3,(H,19,21)(H,20,22)(H,23,24)/t14-/m0/s1. The molecule has 24 heavy (non-hydrogen) atoms. The maximum atomic E-state index is 11.8. The van der Waals surface area contributed by atoms with Gasteiger partial charge in [-0.1, -0.05) is 41.9 Å². The van der Waals surface area contributed by atoms with Gasteiger partial charge in [-0.2, -0.15) is 0 Å². The summed E-state index contributed by atoms with van der Waals surface area (Å²) in [6.45, 7) is 3.54. The maximum Gasteiger partial charge on any atom is 0.326 e. The van der Waals surface area contributed by atoms with Gasteiger partial charge in [0.05, 0.1) is 6.54 Å². The topological polar surface area (TPSA) is 95.5 Å². The monoisotopic (exact) mass is 398 g/mol. The summed E-state index contributed by atoms with van der Waals surface area (Å²) in [6, 6.07) is 6.73. The van der Waals surface area contributed by atoms with Gasteiger partial charge in [-0.05, 0) is 36.5 Å². The number of halogens is 1. The molecule has 1 rings (SSSR count). The number of benzene rings is 1. The molecular weight excluding hydrogens is 376 g/mol. The van der Waals surface area contributed by atoms with Crippen molar-refractivity contribution in [2.75, 3.05) is 6.54 Å². The van der Waals surface area contributed by atoms with Crippen molar-refractivity contribution in [3.05, 3.63) is 34.3 Å². The van der Waals surface area contributed by atoms with Gasteiger partial charge >= 0.3 is 5.97 Å². The minimum atomic E-state index is -1.07. The summed E-state index contributed by atoms with van der Waals surface area (Å²) in [6.07, 6.45) is 1.17. The maximum absolute atomic E-state index is 11.8. The summed E-state index contributed by atoms with van der Waals surface area (Å²) >= 11 is 3.37. The molecule has 7 heteroatoms. The molecule has 0 aliphatic rings. The van der Waals surface area contributed by atoms with E-state index in [0.29, 0.717) is 12.8 Å². The highest BCUT2D eigenvalue weighted by molar-refractivity contribution is 9.10. The molecule has 0 spiro atoms. The predicted octanol–water partition coefficient (Wildman–Crippen LogP) is 2.11. The van der Waals surface area contributed by atoms with Crippen LogP contribution < -0.4 is 10.6 Å². The minimum absolute atomic E-state index is 0.145. The number of aliphatic carboxylic acids is 1. The van der Waals surface area contributed by atoms with Gasteiger partial charge in [0.1, 0.15) is 6.04 Å². The van der Waals surface area contributed by atoms with E-state index in [0.717, 1.165) is 10.0 Å². The van der Waals surface area contributed by atoms with Gasteiger partial charge in [-0.25, -0.2) is 4.79 Å². The van der Waals surface area contributed by atoms with E-state index in [1.807, 2.05) is 38.1 Å². The fraction of sp³-hybridized carbons (Fsp3) is 0.471. The van der Waals surface area contributed by atoms with E-state index >= 15 is 0 Å². The van der Waals surface area contributed by atoms with Gasteiger partial charge in [0.2, 0.25) is 11.8 Å². The summed E-state index contributed by atoms with van der Waals surface area (Å²) in [5, 5.41) is 14.0. The molecule has 0 aromatic heterocycles. The second-order valence-electron chi connectivity index (χ2n) is 5.99. The molecule has 0 radical (unpaired) electrons. The first-order valence-electron chi connectivity index (χ1n) is 7.81. The highest BCUT2D eigenvalue weighted by Crippen LogP contribution is 2.12. The molecule has 0 saturated heterocycles. The van der Waals surface area contributed by atoms with Crippen molar-refractivity contribution in [1.29, 1.82) is 0 Å². The average Bonchev–Trinajstić information content (AvgIpc) is 2.50. The number of nitrogens with one attached hydrogen (secondary N) is 2. The molecule has 1 aromatic rings. The van der Waals surface area contributed by atoms with Crippen LogP contribution in [0.25, 0.3) is 0 Å². The van der Waals surface area contributed by atoms with Crippen LogP contribution in [0.3, 0.4) is 0 Å². The van der Waals surface area contributed by atoms with Gasteiger partial charge < -0.3 is 15.7 Å². The zero-order chi connectivity index (χ0) is 18.1. The Hall–Kier alpha value is -1.89. The third kappa shape index (κ3) is 8.10. The van der Waals surface area contributed by atoms with E-state index in [9.17, 15) is 14.4 Å². The number of rotatable bonds is 9. The normalized spacial score (nSPS) is 11.8. The summed E-state index contributed by atoms with van der Waals surface area (Å²) in [7, 11) is 0. The van der Waals surface area contributed by atoms with E-state index in [1.165, 1.54) is 0 Å². The van der Waals surface area contributed by atoms with Gasteiger partial charge in [-0.3, -0.25) is 9.59 Å². The van der Waals surface area contributed by atoms with Crippen molar-refractivity contribution in [2.45, 2.75) is 39.2 Å². The number of carboxylic acids is 1. The Morgan fingerprint density at radius 2 is 1.92 bits per heavy atom. The fourth-order valence-electron chi connectivity index (χ4n) is 2.16. The smallest absolute Gasteiger partial charge is 0.326 e. The first kappa shape index (κ1) is 20.2. The fourth-order valence-corrected chi connectivity index (χ4v) is 2.60. The molecule has 2 amide bonds. The zero-order valence-corrected chi connectivity index (χ0v) is 15.4. The third-order valence-corrected chi connectivity index (χ3v) is 3.81. The van der Waals surface area contributed by atoms with Crippen LogP contribution in [0.5, 0.6) is 0 Å². The van der Waals surface area contributed by atoms with Crippen molar-refractivity contribution in [1.82, 2.24) is 10.6 Å². The zero-order valence-electron chi connectivity index (χ0n) is 13.8. The second-order valence-corrected chi connectivity index (χ2v) is 6.91. The van der Waals surface area contributed by atoms with Crippen molar-refractivity contribution in [2.24, 2.45) is 5.92 Å². The van der Waals surface area contributed by atoms with Crippen LogP contribution >= 0.6 is 15.9 Å². The Morgan fingerprint density at radius 3 is 2.50 bits per heavy atom. The molecule has 132 valence electrons. The highest BCUT2D eigenvalue weighted by Gasteiger charge is 2.21. The van der Waals surface area contributed by atoms with Crippen LogP contribution in [0.1, 0.15) is 32.3 Å². The van der Waals surface area contributed by atoms with Crippen LogP contribution in [0.4, 0.5) is 0 Å². The van der Waals surface area contributed by atoms with Crippen LogP contribution in [-0.4, -0.2) is 35.5 Å². The molecule has 0 aliphatic heterocycles. The van der Waals surface area contributed by atoms with E-state index in [4.69, 9.17) is 5.11 Å². The molecule has 0 saturated carbocycles. The Bertz CT molecular complexity index is 590. The number of amides is 2. The van der Waals surface area contributed by atoms with Crippen molar-refractivity contribution in [3.8, 4) is 0 Å². The molecule has 1 atom stereocenters. The second kappa shape index (κ2) is 10.1. The first-order chi connectivity index (χ1) is 11.3. The molecule has 6 nitrogen and oxygen atoms in total. The van der Waals surface area contributed by atoms with Gasteiger partial charge in [0.25, 0.3) is 0 Å². The van der Waals surface area contributed by atoms with Gasteiger partial charge in [-0.15, -0.1) is 0 Å². The van der Waals surface area contributed by atoms with Crippen molar-refractivity contribution < 1.29 is 19.5 Å². The van der Waals surface area contributed by atoms with E-state index in [-0.39, 0.29) is 24.8 Å². The number of carbonyl (C=O) groups excluding carboxylic acids is 2. The molecule has 0 aliphatic carbocycles. The number of aryl methyl sites for hydroxylation is 1. The van der Waals surface area contributed by atoms with Crippen LogP contribution in [-0.2, 0) is 20.8 Å². The Kier molecular flexibility index (Phi) is 8.46. The summed E-state index contributed by atoms with van der Waals surface area (Å²) in [5.41, 5.74) is 1.02. The summed E-state index contributed by atoms with van der Waals surface area (Å²) < 4.78 is 0.949. The molecule has 1 aromatic carbocycles. The van der Waals surface area contributed by atoms with E-state index in [2.05, 4.69) is 26.6 Å². The number of carboxylic acid groups (broad SMARTS) is 1. The molecule has 0 heterocycles. The largest absolute Gasteiger partial charge is 0.480 e. The summed E-state index contributed by atoms with van der Waals surface area (Å²) in [5.74, 6) is -1.68. The predicted molar refractivity (Wildman–Crippen MR) is 94.5 cm³/mol. The lowest BCUT2D eigenvalue weighted by Crippen LogP contribution is -2.46. The van der Waals surface area contributed by atoms with Crippen LogP contribution in [0.2, 0.25) is 0 Å². The number of carbonyl (C=O) groups is 3. The molecule has 0 unspecified atom stereocenters. The average molecular weight is 399 g/mol. The minimum Gasteiger partial charge on any atom is -0.480 e.